The lowest BCUT2D eigenvalue weighted by Gasteiger charge is -2.14. The van der Waals surface area contributed by atoms with Crippen LogP contribution in [0.2, 0.25) is 0 Å². The highest BCUT2D eigenvalue weighted by molar-refractivity contribution is 9.10. The molecule has 0 aliphatic carbocycles. The first kappa shape index (κ1) is 27.1. The van der Waals surface area contributed by atoms with Crippen LogP contribution in [-0.4, -0.2) is 34.6 Å². The van der Waals surface area contributed by atoms with Crippen molar-refractivity contribution in [2.75, 3.05) is 6.61 Å². The highest BCUT2D eigenvalue weighted by atomic mass is 79.9. The highest BCUT2D eigenvalue weighted by Gasteiger charge is 2.31. The SMILES string of the molecule is CCOC(=O)[C@H](C)Oc1ccc(C=Nn2c(-c3cccc(C(F)(F)F)c3)nc3ccccc3c2=O)cc1Br. The van der Waals surface area contributed by atoms with E-state index in [0.717, 1.165) is 16.8 Å². The van der Waals surface area contributed by atoms with Crippen LogP contribution >= 0.6 is 15.9 Å². The minimum absolute atomic E-state index is 0.0432. The van der Waals surface area contributed by atoms with Crippen LogP contribution in [0.4, 0.5) is 13.2 Å². The summed E-state index contributed by atoms with van der Waals surface area (Å²) in [5.74, 6) is -0.162. The molecule has 0 unspecified atom stereocenters. The Balaban J connectivity index is 1.74. The molecule has 0 saturated heterocycles. The maximum Gasteiger partial charge on any atom is 0.416 e. The quantitative estimate of drug-likeness (QED) is 0.194. The number of hydrogen-bond acceptors (Lipinski definition) is 6. The number of halogens is 4. The first-order chi connectivity index (χ1) is 18.1. The number of fused-ring (bicyclic) bond motifs is 1. The molecule has 0 radical (unpaired) electrons. The maximum absolute atomic E-state index is 13.4. The first-order valence-electron chi connectivity index (χ1n) is 11.4. The molecular weight excluding hydrogens is 567 g/mol. The lowest BCUT2D eigenvalue weighted by atomic mass is 10.1. The number of carbonyl (C=O) groups is 1. The molecule has 11 heteroatoms. The topological polar surface area (TPSA) is 82.8 Å². The molecule has 196 valence electrons. The number of benzene rings is 3. The molecule has 1 aromatic heterocycles. The number of hydrogen-bond donors (Lipinski definition) is 0. The smallest absolute Gasteiger partial charge is 0.416 e. The number of nitrogens with zero attached hydrogens (tertiary/aromatic N) is 3. The molecule has 0 bridgehead atoms. The van der Waals surface area contributed by atoms with E-state index in [1.165, 1.54) is 18.3 Å². The van der Waals surface area contributed by atoms with Gasteiger partial charge in [0.2, 0.25) is 0 Å². The molecule has 0 fully saturated rings. The molecule has 1 heterocycles. The van der Waals surface area contributed by atoms with E-state index < -0.39 is 29.4 Å². The van der Waals surface area contributed by atoms with Gasteiger partial charge in [-0.2, -0.15) is 22.9 Å². The van der Waals surface area contributed by atoms with Gasteiger partial charge in [-0.25, -0.2) is 9.78 Å². The van der Waals surface area contributed by atoms with Crippen LogP contribution in [0.1, 0.15) is 25.0 Å². The molecule has 0 aliphatic heterocycles. The Kier molecular flexibility index (Phi) is 7.96. The van der Waals surface area contributed by atoms with Gasteiger partial charge in [-0.15, -0.1) is 0 Å². The van der Waals surface area contributed by atoms with Crippen molar-refractivity contribution in [1.29, 1.82) is 0 Å². The van der Waals surface area contributed by atoms with Crippen molar-refractivity contribution in [3.05, 3.63) is 92.7 Å². The molecule has 38 heavy (non-hydrogen) atoms. The Morgan fingerprint density at radius 2 is 1.89 bits per heavy atom. The van der Waals surface area contributed by atoms with Gasteiger partial charge in [-0.05, 0) is 77.8 Å². The van der Waals surface area contributed by atoms with E-state index in [0.29, 0.717) is 21.3 Å². The Hall–Kier alpha value is -3.99. The van der Waals surface area contributed by atoms with Gasteiger partial charge < -0.3 is 9.47 Å². The van der Waals surface area contributed by atoms with E-state index >= 15 is 0 Å². The normalized spacial score (nSPS) is 12.6. The lowest BCUT2D eigenvalue weighted by Crippen LogP contribution is -2.26. The van der Waals surface area contributed by atoms with E-state index in [2.05, 4.69) is 26.0 Å². The number of carbonyl (C=O) groups excluding carboxylic acids is 1. The maximum atomic E-state index is 13.4. The van der Waals surface area contributed by atoms with Gasteiger partial charge in [-0.3, -0.25) is 4.79 Å². The predicted octanol–water partition coefficient (Wildman–Crippen LogP) is 6.06. The van der Waals surface area contributed by atoms with Gasteiger partial charge in [-0.1, -0.05) is 24.3 Å². The molecule has 7 nitrogen and oxygen atoms in total. The predicted molar refractivity (Wildman–Crippen MR) is 140 cm³/mol. The summed E-state index contributed by atoms with van der Waals surface area (Å²) in [6.07, 6.45) is -4.02. The first-order valence-corrected chi connectivity index (χ1v) is 12.2. The summed E-state index contributed by atoms with van der Waals surface area (Å²) >= 11 is 3.39. The van der Waals surface area contributed by atoms with Crippen LogP contribution in [0.25, 0.3) is 22.3 Å². The van der Waals surface area contributed by atoms with Gasteiger partial charge in [0, 0.05) is 5.56 Å². The number of rotatable bonds is 7. The van der Waals surface area contributed by atoms with Crippen molar-refractivity contribution in [1.82, 2.24) is 9.66 Å². The largest absolute Gasteiger partial charge is 0.478 e. The van der Waals surface area contributed by atoms with Crippen LogP contribution in [0.5, 0.6) is 5.75 Å². The zero-order valence-electron chi connectivity index (χ0n) is 20.2. The number of ether oxygens (including phenoxy) is 2. The van der Waals surface area contributed by atoms with Gasteiger partial charge in [0.25, 0.3) is 5.56 Å². The molecule has 0 amide bonds. The van der Waals surface area contributed by atoms with Crippen molar-refractivity contribution in [2.45, 2.75) is 26.1 Å². The van der Waals surface area contributed by atoms with E-state index in [-0.39, 0.29) is 23.4 Å². The second-order valence-corrected chi connectivity index (χ2v) is 8.95. The number of aromatic nitrogens is 2. The van der Waals surface area contributed by atoms with Crippen LogP contribution in [0.3, 0.4) is 0 Å². The Morgan fingerprint density at radius 3 is 2.61 bits per heavy atom. The van der Waals surface area contributed by atoms with E-state index in [4.69, 9.17) is 9.47 Å². The van der Waals surface area contributed by atoms with Gasteiger partial charge in [0.15, 0.2) is 11.9 Å². The fraction of sp³-hybridized carbons (Fsp3) is 0.185. The van der Waals surface area contributed by atoms with Crippen molar-refractivity contribution in [3.8, 4) is 17.1 Å². The third-order valence-corrected chi connectivity index (χ3v) is 6.02. The fourth-order valence-electron chi connectivity index (χ4n) is 3.57. The third kappa shape index (κ3) is 5.94. The Morgan fingerprint density at radius 1 is 1.13 bits per heavy atom. The molecule has 4 aromatic rings. The molecule has 0 spiro atoms. The standard InChI is InChI=1S/C27H21BrF3N3O4/c1-3-37-26(36)16(2)38-23-12-11-17(13-21(23)28)15-32-34-24(18-7-6-8-19(14-18)27(29,30)31)33-22-10-5-4-9-20(22)25(34)35/h4-16H,3H2,1-2H3/t16-/m0/s1. The minimum atomic E-state index is -4.57. The van der Waals surface area contributed by atoms with Crippen LogP contribution in [0, 0.1) is 0 Å². The van der Waals surface area contributed by atoms with Gasteiger partial charge in [0.05, 0.1) is 33.8 Å². The monoisotopic (exact) mass is 587 g/mol. The number of para-hydroxylation sites is 1. The average Bonchev–Trinajstić information content (AvgIpc) is 2.89. The second-order valence-electron chi connectivity index (χ2n) is 8.09. The summed E-state index contributed by atoms with van der Waals surface area (Å²) in [4.78, 5) is 29.6. The van der Waals surface area contributed by atoms with Gasteiger partial charge in [0.1, 0.15) is 5.75 Å². The average molecular weight is 588 g/mol. The Labute approximate surface area is 223 Å². The summed E-state index contributed by atoms with van der Waals surface area (Å²) in [7, 11) is 0. The summed E-state index contributed by atoms with van der Waals surface area (Å²) < 4.78 is 52.1. The van der Waals surface area contributed by atoms with Gasteiger partial charge >= 0.3 is 12.1 Å². The summed E-state index contributed by atoms with van der Waals surface area (Å²) in [6.45, 7) is 3.49. The number of alkyl halides is 3. The lowest BCUT2D eigenvalue weighted by molar-refractivity contribution is -0.150. The second kappa shape index (κ2) is 11.2. The van der Waals surface area contributed by atoms with Crippen molar-refractivity contribution in [2.24, 2.45) is 5.10 Å². The molecule has 4 rings (SSSR count). The summed E-state index contributed by atoms with van der Waals surface area (Å²) in [5.41, 5.74) is -0.455. The van der Waals surface area contributed by atoms with Crippen LogP contribution in [0.15, 0.2) is 81.1 Å². The zero-order chi connectivity index (χ0) is 27.4. The molecule has 0 N–H and O–H groups in total. The van der Waals surface area contributed by atoms with Crippen molar-refractivity contribution >= 4 is 39.0 Å². The molecular formula is C27H21BrF3N3O4. The third-order valence-electron chi connectivity index (χ3n) is 5.40. The molecule has 0 aliphatic rings. The zero-order valence-corrected chi connectivity index (χ0v) is 21.8. The van der Waals surface area contributed by atoms with Crippen molar-refractivity contribution in [3.63, 3.8) is 0 Å². The van der Waals surface area contributed by atoms with E-state index in [1.807, 2.05) is 0 Å². The summed E-state index contributed by atoms with van der Waals surface area (Å²) in [5, 5.41) is 4.54. The summed E-state index contributed by atoms with van der Waals surface area (Å²) in [6, 6.07) is 16.0. The molecule has 3 aromatic carbocycles. The fourth-order valence-corrected chi connectivity index (χ4v) is 4.06. The number of esters is 1. The highest BCUT2D eigenvalue weighted by Crippen LogP contribution is 2.32. The van der Waals surface area contributed by atoms with Crippen molar-refractivity contribution < 1.29 is 27.4 Å². The molecule has 0 saturated carbocycles. The minimum Gasteiger partial charge on any atom is -0.478 e. The Bertz CT molecular complexity index is 1580. The molecule has 1 atom stereocenters. The van der Waals surface area contributed by atoms with Crippen LogP contribution in [-0.2, 0) is 15.7 Å². The van der Waals surface area contributed by atoms with E-state index in [9.17, 15) is 22.8 Å². The van der Waals surface area contributed by atoms with E-state index in [1.54, 1.807) is 56.3 Å². The van der Waals surface area contributed by atoms with Crippen LogP contribution < -0.4 is 10.3 Å².